The Balaban J connectivity index is 1.48. The van der Waals surface area contributed by atoms with E-state index in [4.69, 9.17) is 0 Å². The number of imidazole rings is 1. The Morgan fingerprint density at radius 1 is 1.31 bits per heavy atom. The van der Waals surface area contributed by atoms with E-state index < -0.39 is 0 Å². The molecule has 0 amide bonds. The zero-order chi connectivity index (χ0) is 17.9. The van der Waals surface area contributed by atoms with E-state index in [2.05, 4.69) is 56.0 Å². The van der Waals surface area contributed by atoms with Gasteiger partial charge in [-0.25, -0.2) is 9.97 Å². The summed E-state index contributed by atoms with van der Waals surface area (Å²) >= 11 is 1.68. The first-order valence-corrected chi connectivity index (χ1v) is 9.79. The number of benzene rings is 1. The molecular weight excluding hydrogens is 342 g/mol. The number of nitrogens with zero attached hydrogens (tertiary/aromatic N) is 3. The third-order valence-corrected chi connectivity index (χ3v) is 5.79. The zero-order valence-corrected chi connectivity index (χ0v) is 15.7. The summed E-state index contributed by atoms with van der Waals surface area (Å²) in [6.45, 7) is 7.84. The van der Waals surface area contributed by atoms with Crippen molar-refractivity contribution >= 4 is 17.2 Å². The van der Waals surface area contributed by atoms with Crippen molar-refractivity contribution in [2.24, 2.45) is 0 Å². The van der Waals surface area contributed by atoms with Crippen molar-refractivity contribution < 1.29 is 0 Å². The minimum atomic E-state index is 0.345. The first-order chi connectivity index (χ1) is 12.7. The molecule has 1 aliphatic rings. The largest absolute Gasteiger partial charge is 0.329 e. The van der Waals surface area contributed by atoms with Crippen molar-refractivity contribution in [1.29, 1.82) is 0 Å². The molecule has 1 fully saturated rings. The lowest BCUT2D eigenvalue weighted by molar-refractivity contribution is 0.612. The molecule has 0 spiro atoms. The summed E-state index contributed by atoms with van der Waals surface area (Å²) in [5.74, 6) is 1.99. The highest BCUT2D eigenvalue weighted by molar-refractivity contribution is 7.13. The summed E-state index contributed by atoms with van der Waals surface area (Å²) in [6, 6.07) is 9.01. The molecule has 2 N–H and O–H groups in total. The molecule has 0 bridgehead atoms. The van der Waals surface area contributed by atoms with E-state index in [1.165, 1.54) is 22.4 Å². The van der Waals surface area contributed by atoms with Crippen LogP contribution in [-0.2, 0) is 6.54 Å². The van der Waals surface area contributed by atoms with Gasteiger partial charge < -0.3 is 15.2 Å². The molecule has 6 heteroatoms. The standard InChI is InChI=1S/C20H23N5S/c1-3-25(18-11-22-20(24-18)17-5-4-10-21-17)12-15-6-8-16(9-7-15)19-14(2)23-13-26-19/h3,6-9,11,13,17,21H,1,4-5,10,12H2,2H3,(H,22,24). The second-order valence-corrected chi connectivity index (χ2v) is 7.43. The molecule has 4 rings (SSSR count). The van der Waals surface area contributed by atoms with Gasteiger partial charge in [0.2, 0.25) is 0 Å². The fraction of sp³-hybridized carbons (Fsp3) is 0.300. The molecule has 3 heterocycles. The molecule has 0 aliphatic carbocycles. The van der Waals surface area contributed by atoms with Gasteiger partial charge in [0, 0.05) is 6.54 Å². The van der Waals surface area contributed by atoms with E-state index in [9.17, 15) is 0 Å². The van der Waals surface area contributed by atoms with Crippen LogP contribution in [0.5, 0.6) is 0 Å². The lowest BCUT2D eigenvalue weighted by Gasteiger charge is -2.18. The second-order valence-electron chi connectivity index (χ2n) is 6.58. The molecule has 0 radical (unpaired) electrons. The molecule has 26 heavy (non-hydrogen) atoms. The summed E-state index contributed by atoms with van der Waals surface area (Å²) in [6.07, 6.45) is 6.09. The van der Waals surface area contributed by atoms with Crippen LogP contribution < -0.4 is 10.2 Å². The molecule has 1 atom stereocenters. The van der Waals surface area contributed by atoms with Crippen molar-refractivity contribution in [3.63, 3.8) is 0 Å². The number of aromatic amines is 1. The normalized spacial score (nSPS) is 16.7. The Labute approximate surface area is 157 Å². The first kappa shape index (κ1) is 17.0. The lowest BCUT2D eigenvalue weighted by atomic mass is 10.1. The SMILES string of the molecule is C=CN(Cc1ccc(-c2scnc2C)cc1)c1cnc(C2CCCN2)[nH]1. The molecule has 1 aliphatic heterocycles. The third-order valence-electron chi connectivity index (χ3n) is 4.82. The Morgan fingerprint density at radius 3 is 2.81 bits per heavy atom. The van der Waals surface area contributed by atoms with Gasteiger partial charge >= 0.3 is 0 Å². The molecular formula is C20H23N5S. The third kappa shape index (κ3) is 3.43. The van der Waals surface area contributed by atoms with Gasteiger partial charge in [-0.3, -0.25) is 0 Å². The van der Waals surface area contributed by atoms with Crippen LogP contribution in [0.25, 0.3) is 10.4 Å². The summed E-state index contributed by atoms with van der Waals surface area (Å²) in [5, 5.41) is 3.47. The fourth-order valence-electron chi connectivity index (χ4n) is 3.35. The highest BCUT2D eigenvalue weighted by atomic mass is 32.1. The maximum Gasteiger partial charge on any atom is 0.130 e. The van der Waals surface area contributed by atoms with E-state index in [0.717, 1.165) is 36.8 Å². The molecule has 134 valence electrons. The van der Waals surface area contributed by atoms with E-state index in [0.29, 0.717) is 6.04 Å². The summed E-state index contributed by atoms with van der Waals surface area (Å²) in [5.41, 5.74) is 5.43. The van der Waals surface area contributed by atoms with Crippen LogP contribution in [0.2, 0.25) is 0 Å². The number of thiazole rings is 1. The number of aromatic nitrogens is 3. The average molecular weight is 366 g/mol. The first-order valence-electron chi connectivity index (χ1n) is 8.91. The van der Waals surface area contributed by atoms with Crippen LogP contribution in [0.3, 0.4) is 0 Å². The van der Waals surface area contributed by atoms with E-state index in [1.54, 1.807) is 11.3 Å². The Kier molecular flexibility index (Phi) is 4.86. The maximum atomic E-state index is 4.55. The predicted molar refractivity (Wildman–Crippen MR) is 107 cm³/mol. The number of nitrogens with one attached hydrogen (secondary N) is 2. The quantitative estimate of drug-likeness (QED) is 0.679. The average Bonchev–Trinajstić information content (AvgIpc) is 3.41. The summed E-state index contributed by atoms with van der Waals surface area (Å²) < 4.78 is 0. The van der Waals surface area contributed by atoms with E-state index in [-0.39, 0.29) is 0 Å². The van der Waals surface area contributed by atoms with Crippen LogP contribution in [0.15, 0.2) is 48.8 Å². The minimum Gasteiger partial charge on any atom is -0.329 e. The van der Waals surface area contributed by atoms with Crippen LogP contribution >= 0.6 is 11.3 Å². The highest BCUT2D eigenvalue weighted by Crippen LogP contribution is 2.28. The topological polar surface area (TPSA) is 56.8 Å². The van der Waals surface area contributed by atoms with Crippen LogP contribution in [-0.4, -0.2) is 21.5 Å². The molecule has 5 nitrogen and oxygen atoms in total. The van der Waals surface area contributed by atoms with Crippen molar-refractivity contribution in [2.75, 3.05) is 11.4 Å². The smallest absolute Gasteiger partial charge is 0.130 e. The number of hydrogen-bond acceptors (Lipinski definition) is 5. The maximum absolute atomic E-state index is 4.55. The monoisotopic (exact) mass is 365 g/mol. The van der Waals surface area contributed by atoms with Gasteiger partial charge in [0.15, 0.2) is 0 Å². The number of rotatable bonds is 6. The van der Waals surface area contributed by atoms with Crippen molar-refractivity contribution in [3.8, 4) is 10.4 Å². The van der Waals surface area contributed by atoms with Crippen molar-refractivity contribution in [3.05, 3.63) is 65.8 Å². The molecule has 0 saturated carbocycles. The Bertz CT molecular complexity index is 874. The van der Waals surface area contributed by atoms with Crippen LogP contribution in [0, 0.1) is 6.92 Å². The van der Waals surface area contributed by atoms with Gasteiger partial charge in [-0.1, -0.05) is 30.8 Å². The van der Waals surface area contributed by atoms with Gasteiger partial charge in [0.25, 0.3) is 0 Å². The summed E-state index contributed by atoms with van der Waals surface area (Å²) in [4.78, 5) is 15.7. The van der Waals surface area contributed by atoms with E-state index in [1.807, 2.05) is 24.8 Å². The minimum absolute atomic E-state index is 0.345. The van der Waals surface area contributed by atoms with Gasteiger partial charge in [0.05, 0.1) is 28.3 Å². The molecule has 3 aromatic rings. The van der Waals surface area contributed by atoms with Gasteiger partial charge in [0.1, 0.15) is 11.6 Å². The van der Waals surface area contributed by atoms with Crippen molar-refractivity contribution in [2.45, 2.75) is 32.4 Å². The van der Waals surface area contributed by atoms with Crippen LogP contribution in [0.1, 0.15) is 36.0 Å². The molecule has 2 aromatic heterocycles. The Hall–Kier alpha value is -2.44. The number of anilines is 1. The molecule has 1 unspecified atom stereocenters. The molecule has 1 saturated heterocycles. The van der Waals surface area contributed by atoms with E-state index >= 15 is 0 Å². The number of aryl methyl sites for hydroxylation is 1. The van der Waals surface area contributed by atoms with Crippen molar-refractivity contribution in [1.82, 2.24) is 20.3 Å². The molecule has 1 aromatic carbocycles. The zero-order valence-electron chi connectivity index (χ0n) is 14.9. The predicted octanol–water partition coefficient (Wildman–Crippen LogP) is 4.42. The van der Waals surface area contributed by atoms with Gasteiger partial charge in [-0.05, 0) is 43.6 Å². The number of H-pyrrole nitrogens is 1. The number of hydrogen-bond donors (Lipinski definition) is 2. The van der Waals surface area contributed by atoms with Gasteiger partial charge in [-0.2, -0.15) is 0 Å². The highest BCUT2D eigenvalue weighted by Gasteiger charge is 2.20. The van der Waals surface area contributed by atoms with Crippen LogP contribution in [0.4, 0.5) is 5.82 Å². The fourth-order valence-corrected chi connectivity index (χ4v) is 4.16. The van der Waals surface area contributed by atoms with Gasteiger partial charge in [-0.15, -0.1) is 11.3 Å². The Morgan fingerprint density at radius 2 is 2.15 bits per heavy atom. The second kappa shape index (κ2) is 7.43. The lowest BCUT2D eigenvalue weighted by Crippen LogP contribution is -2.16. The summed E-state index contributed by atoms with van der Waals surface area (Å²) in [7, 11) is 0.